The third-order valence-electron chi connectivity index (χ3n) is 3.21. The Morgan fingerprint density at radius 2 is 2.00 bits per heavy atom. The maximum Gasteiger partial charge on any atom is 0.257 e. The van der Waals surface area contributed by atoms with Crippen LogP contribution < -0.4 is 10.1 Å². The number of para-hydroxylation sites is 1. The van der Waals surface area contributed by atoms with Crippen molar-refractivity contribution in [3.8, 4) is 5.75 Å². The molecule has 2 aromatic carbocycles. The molecule has 5 heteroatoms. The predicted molar refractivity (Wildman–Crippen MR) is 85.3 cm³/mol. The van der Waals surface area contributed by atoms with E-state index in [0.717, 1.165) is 15.8 Å². The maximum atomic E-state index is 12.3. The Morgan fingerprint density at radius 3 is 2.76 bits per heavy atom. The Bertz CT molecular complexity index is 811. The van der Waals surface area contributed by atoms with Crippen molar-refractivity contribution in [3.63, 3.8) is 0 Å². The summed E-state index contributed by atoms with van der Waals surface area (Å²) in [6, 6.07) is 13.2. The van der Waals surface area contributed by atoms with Gasteiger partial charge < -0.3 is 4.74 Å². The van der Waals surface area contributed by atoms with Crippen molar-refractivity contribution >= 4 is 32.6 Å². The minimum atomic E-state index is -0.147. The van der Waals surface area contributed by atoms with E-state index >= 15 is 0 Å². The first kappa shape index (κ1) is 13.6. The van der Waals surface area contributed by atoms with Crippen molar-refractivity contribution in [2.45, 2.75) is 6.92 Å². The summed E-state index contributed by atoms with van der Waals surface area (Å²) in [5, 5.41) is 3.42. The Hall–Kier alpha value is -2.40. The highest BCUT2D eigenvalue weighted by Gasteiger charge is 2.13. The highest BCUT2D eigenvalue weighted by Crippen LogP contribution is 2.32. The second-order valence-electron chi connectivity index (χ2n) is 4.60. The average molecular weight is 298 g/mol. The summed E-state index contributed by atoms with van der Waals surface area (Å²) >= 11 is 1.43. The summed E-state index contributed by atoms with van der Waals surface area (Å²) in [4.78, 5) is 16.7. The molecule has 1 amide bonds. The molecule has 0 saturated carbocycles. The van der Waals surface area contributed by atoms with Crippen molar-refractivity contribution in [2.24, 2.45) is 0 Å². The summed E-state index contributed by atoms with van der Waals surface area (Å²) in [6.07, 6.45) is 0. The lowest BCUT2D eigenvalue weighted by atomic mass is 10.1. The molecule has 0 aliphatic carbocycles. The minimum absolute atomic E-state index is 0.147. The molecule has 106 valence electrons. The lowest BCUT2D eigenvalue weighted by molar-refractivity contribution is 0.102. The smallest absolute Gasteiger partial charge is 0.257 e. The number of nitrogens with zero attached hydrogens (tertiary/aromatic N) is 1. The molecular weight excluding hydrogens is 284 g/mol. The van der Waals surface area contributed by atoms with E-state index in [-0.39, 0.29) is 5.91 Å². The number of nitrogens with one attached hydrogen (secondary N) is 1. The highest BCUT2D eigenvalue weighted by atomic mass is 32.1. The van der Waals surface area contributed by atoms with Gasteiger partial charge in [-0.1, -0.05) is 35.6 Å². The van der Waals surface area contributed by atoms with Crippen LogP contribution in [-0.4, -0.2) is 18.0 Å². The van der Waals surface area contributed by atoms with Crippen LogP contribution in [0.2, 0.25) is 0 Å². The van der Waals surface area contributed by atoms with Gasteiger partial charge in [-0.2, -0.15) is 0 Å². The van der Waals surface area contributed by atoms with Crippen LogP contribution in [0, 0.1) is 6.92 Å². The van der Waals surface area contributed by atoms with Gasteiger partial charge in [-0.3, -0.25) is 10.1 Å². The standard InChI is InChI=1S/C16H14N2O2S/c1-10-6-3-4-7-11(10)15(19)18-16-17-14-12(20-2)8-5-9-13(14)21-16/h3-9H,1-2H3,(H,17,18,19). The van der Waals surface area contributed by atoms with Crippen LogP contribution in [0.4, 0.5) is 5.13 Å². The van der Waals surface area contributed by atoms with Gasteiger partial charge in [0.1, 0.15) is 11.3 Å². The Kier molecular flexibility index (Phi) is 3.58. The number of aromatic nitrogens is 1. The number of hydrogen-bond donors (Lipinski definition) is 1. The SMILES string of the molecule is COc1cccc2sc(NC(=O)c3ccccc3C)nc12. The number of benzene rings is 2. The molecular formula is C16H14N2O2S. The number of carbonyl (C=O) groups excluding carboxylic acids is 1. The Balaban J connectivity index is 1.92. The zero-order chi connectivity index (χ0) is 14.8. The topological polar surface area (TPSA) is 51.2 Å². The fourth-order valence-electron chi connectivity index (χ4n) is 2.13. The molecule has 0 atom stereocenters. The summed E-state index contributed by atoms with van der Waals surface area (Å²) in [5.74, 6) is 0.561. The second-order valence-corrected chi connectivity index (χ2v) is 5.63. The fourth-order valence-corrected chi connectivity index (χ4v) is 3.01. The second kappa shape index (κ2) is 5.54. The van der Waals surface area contributed by atoms with Gasteiger partial charge in [-0.15, -0.1) is 0 Å². The van der Waals surface area contributed by atoms with E-state index in [0.29, 0.717) is 16.4 Å². The van der Waals surface area contributed by atoms with Gasteiger partial charge in [-0.05, 0) is 30.7 Å². The predicted octanol–water partition coefficient (Wildman–Crippen LogP) is 3.87. The molecule has 0 bridgehead atoms. The normalized spacial score (nSPS) is 10.6. The first-order valence-corrected chi connectivity index (χ1v) is 7.31. The lowest BCUT2D eigenvalue weighted by Gasteiger charge is -2.04. The largest absolute Gasteiger partial charge is 0.494 e. The number of methoxy groups -OCH3 is 1. The van der Waals surface area contributed by atoms with Crippen LogP contribution in [0.3, 0.4) is 0 Å². The van der Waals surface area contributed by atoms with Crippen LogP contribution >= 0.6 is 11.3 Å². The van der Waals surface area contributed by atoms with Gasteiger partial charge >= 0.3 is 0 Å². The van der Waals surface area contributed by atoms with E-state index in [2.05, 4.69) is 10.3 Å². The molecule has 0 radical (unpaired) electrons. The fraction of sp³-hybridized carbons (Fsp3) is 0.125. The van der Waals surface area contributed by atoms with E-state index in [9.17, 15) is 4.79 Å². The third kappa shape index (κ3) is 2.60. The van der Waals surface area contributed by atoms with Gasteiger partial charge in [0.05, 0.1) is 11.8 Å². The van der Waals surface area contributed by atoms with Gasteiger partial charge in [0.2, 0.25) is 0 Å². The number of fused-ring (bicyclic) bond motifs is 1. The lowest BCUT2D eigenvalue weighted by Crippen LogP contribution is -2.12. The average Bonchev–Trinajstić information content (AvgIpc) is 2.89. The summed E-state index contributed by atoms with van der Waals surface area (Å²) in [5.41, 5.74) is 2.36. The van der Waals surface area contributed by atoms with Gasteiger partial charge in [0.25, 0.3) is 5.91 Å². The number of ether oxygens (including phenoxy) is 1. The Morgan fingerprint density at radius 1 is 1.19 bits per heavy atom. The molecule has 0 unspecified atom stereocenters. The molecule has 0 spiro atoms. The molecule has 1 heterocycles. The number of aryl methyl sites for hydroxylation is 1. The molecule has 1 N–H and O–H groups in total. The van der Waals surface area contributed by atoms with Crippen molar-refractivity contribution in [1.82, 2.24) is 4.98 Å². The molecule has 21 heavy (non-hydrogen) atoms. The molecule has 1 aromatic heterocycles. The number of rotatable bonds is 3. The van der Waals surface area contributed by atoms with Crippen LogP contribution in [0.25, 0.3) is 10.2 Å². The monoisotopic (exact) mass is 298 g/mol. The van der Waals surface area contributed by atoms with Crippen LogP contribution in [0.1, 0.15) is 15.9 Å². The molecule has 4 nitrogen and oxygen atoms in total. The quantitative estimate of drug-likeness (QED) is 0.798. The van der Waals surface area contributed by atoms with Crippen molar-refractivity contribution in [1.29, 1.82) is 0 Å². The number of carbonyl (C=O) groups is 1. The number of amides is 1. The number of thiazole rings is 1. The first-order valence-electron chi connectivity index (χ1n) is 6.49. The number of hydrogen-bond acceptors (Lipinski definition) is 4. The summed E-state index contributed by atoms with van der Waals surface area (Å²) < 4.78 is 6.26. The molecule has 3 rings (SSSR count). The van der Waals surface area contributed by atoms with Crippen LogP contribution in [-0.2, 0) is 0 Å². The summed E-state index contributed by atoms with van der Waals surface area (Å²) in [7, 11) is 1.61. The molecule has 0 aliphatic rings. The van der Waals surface area contributed by atoms with Gasteiger partial charge in [0, 0.05) is 5.56 Å². The van der Waals surface area contributed by atoms with Crippen LogP contribution in [0.15, 0.2) is 42.5 Å². The third-order valence-corrected chi connectivity index (χ3v) is 4.15. The molecule has 0 fully saturated rings. The molecule has 0 aliphatic heterocycles. The number of anilines is 1. The van der Waals surface area contributed by atoms with E-state index in [1.165, 1.54) is 11.3 Å². The maximum absolute atomic E-state index is 12.3. The van der Waals surface area contributed by atoms with Gasteiger partial charge in [-0.25, -0.2) is 4.98 Å². The molecule has 3 aromatic rings. The highest BCUT2D eigenvalue weighted by molar-refractivity contribution is 7.22. The van der Waals surface area contributed by atoms with E-state index in [4.69, 9.17) is 4.74 Å². The van der Waals surface area contributed by atoms with E-state index in [1.807, 2.05) is 43.3 Å². The van der Waals surface area contributed by atoms with Crippen molar-refractivity contribution in [3.05, 3.63) is 53.6 Å². The van der Waals surface area contributed by atoms with Crippen LogP contribution in [0.5, 0.6) is 5.75 Å². The Labute approximate surface area is 126 Å². The van der Waals surface area contributed by atoms with Crippen molar-refractivity contribution in [2.75, 3.05) is 12.4 Å². The van der Waals surface area contributed by atoms with Crippen molar-refractivity contribution < 1.29 is 9.53 Å². The zero-order valence-electron chi connectivity index (χ0n) is 11.7. The summed E-state index contributed by atoms with van der Waals surface area (Å²) in [6.45, 7) is 1.91. The van der Waals surface area contributed by atoms with E-state index in [1.54, 1.807) is 13.2 Å². The minimum Gasteiger partial charge on any atom is -0.494 e. The zero-order valence-corrected chi connectivity index (χ0v) is 12.5. The first-order chi connectivity index (χ1) is 10.2. The molecule has 0 saturated heterocycles. The van der Waals surface area contributed by atoms with Gasteiger partial charge in [0.15, 0.2) is 5.13 Å². The van der Waals surface area contributed by atoms with E-state index < -0.39 is 0 Å².